The van der Waals surface area contributed by atoms with Gasteiger partial charge < -0.3 is 9.64 Å². The number of amides is 1. The van der Waals surface area contributed by atoms with Crippen molar-refractivity contribution in [2.24, 2.45) is 0 Å². The molecule has 8 nitrogen and oxygen atoms in total. The summed E-state index contributed by atoms with van der Waals surface area (Å²) in [6.45, 7) is 1.09. The Kier molecular flexibility index (Phi) is 7.39. The smallest absolute Gasteiger partial charge is 0.246 e. The van der Waals surface area contributed by atoms with Crippen molar-refractivity contribution < 1.29 is 17.9 Å². The second-order valence-electron chi connectivity index (χ2n) is 9.25. The average molecular weight is 465 g/mol. The lowest BCUT2D eigenvalue weighted by atomic mass is 9.93. The van der Waals surface area contributed by atoms with Crippen LogP contribution in [0.2, 0.25) is 0 Å². The number of hydrazine groups is 1. The SMILES string of the molecule is COc1ccc(C2CC(C(=O)N(C)C3CCCCC3)NN2)cc1S(=O)(=O)N1CCCCC1. The van der Waals surface area contributed by atoms with Crippen molar-refractivity contribution in [1.29, 1.82) is 0 Å². The monoisotopic (exact) mass is 464 g/mol. The Hall–Kier alpha value is -1.68. The van der Waals surface area contributed by atoms with Crippen LogP contribution in [0, 0.1) is 0 Å². The summed E-state index contributed by atoms with van der Waals surface area (Å²) in [7, 11) is -0.227. The lowest BCUT2D eigenvalue weighted by molar-refractivity contribution is -0.134. The van der Waals surface area contributed by atoms with E-state index in [4.69, 9.17) is 4.74 Å². The standard InChI is InChI=1S/C23H36N4O4S/c1-26(18-9-5-3-6-10-18)23(28)20-16-19(24-25-20)17-11-12-21(31-2)22(15-17)32(29,30)27-13-7-4-8-14-27/h11-12,15,18-20,24-25H,3-10,13-14,16H2,1-2H3. The first-order valence-corrected chi connectivity index (χ1v) is 13.3. The van der Waals surface area contributed by atoms with Gasteiger partial charge in [0, 0.05) is 32.2 Å². The van der Waals surface area contributed by atoms with Gasteiger partial charge in [-0.15, -0.1) is 0 Å². The van der Waals surface area contributed by atoms with Crippen molar-refractivity contribution in [2.45, 2.75) is 80.8 Å². The van der Waals surface area contributed by atoms with E-state index in [2.05, 4.69) is 10.9 Å². The molecule has 2 saturated heterocycles. The minimum atomic E-state index is -3.63. The first kappa shape index (κ1) is 23.5. The van der Waals surface area contributed by atoms with Gasteiger partial charge >= 0.3 is 0 Å². The summed E-state index contributed by atoms with van der Waals surface area (Å²) in [5.74, 6) is 0.455. The number of ether oxygens (including phenoxy) is 1. The molecule has 0 radical (unpaired) electrons. The van der Waals surface area contributed by atoms with Gasteiger partial charge in [-0.25, -0.2) is 19.3 Å². The van der Waals surface area contributed by atoms with E-state index in [0.29, 0.717) is 31.3 Å². The van der Waals surface area contributed by atoms with Gasteiger partial charge in [-0.05, 0) is 49.8 Å². The molecular weight excluding hydrogens is 428 g/mol. The molecule has 0 bridgehead atoms. The normalized spacial score (nSPS) is 25.6. The zero-order chi connectivity index (χ0) is 22.7. The van der Waals surface area contributed by atoms with E-state index in [1.165, 1.54) is 26.4 Å². The van der Waals surface area contributed by atoms with Crippen molar-refractivity contribution in [2.75, 3.05) is 27.2 Å². The minimum Gasteiger partial charge on any atom is -0.495 e. The molecule has 1 saturated carbocycles. The lowest BCUT2D eigenvalue weighted by Gasteiger charge is -2.32. The number of carbonyl (C=O) groups excluding carboxylic acids is 1. The van der Waals surface area contributed by atoms with E-state index in [1.807, 2.05) is 18.0 Å². The predicted molar refractivity (Wildman–Crippen MR) is 123 cm³/mol. The number of rotatable bonds is 6. The number of hydrogen-bond donors (Lipinski definition) is 2. The number of benzene rings is 1. The molecule has 0 aromatic heterocycles. The van der Waals surface area contributed by atoms with Gasteiger partial charge in [0.2, 0.25) is 15.9 Å². The molecule has 3 aliphatic rings. The fourth-order valence-electron chi connectivity index (χ4n) is 5.19. The third-order valence-corrected chi connectivity index (χ3v) is 9.11. The molecule has 1 aliphatic carbocycles. The van der Waals surface area contributed by atoms with Crippen LogP contribution in [0.3, 0.4) is 0 Å². The third kappa shape index (κ3) is 4.81. The maximum Gasteiger partial charge on any atom is 0.246 e. The Morgan fingerprint density at radius 1 is 1.06 bits per heavy atom. The van der Waals surface area contributed by atoms with Crippen molar-refractivity contribution in [1.82, 2.24) is 20.1 Å². The number of hydrogen-bond acceptors (Lipinski definition) is 6. The molecule has 9 heteroatoms. The second kappa shape index (κ2) is 10.1. The van der Waals surface area contributed by atoms with Gasteiger partial charge in [0.05, 0.1) is 7.11 Å². The largest absolute Gasteiger partial charge is 0.495 e. The maximum atomic E-state index is 13.3. The molecule has 0 spiro atoms. The van der Waals surface area contributed by atoms with Crippen molar-refractivity contribution in [3.05, 3.63) is 23.8 Å². The topological polar surface area (TPSA) is 91.0 Å². The van der Waals surface area contributed by atoms with Crippen molar-refractivity contribution in [3.63, 3.8) is 0 Å². The summed E-state index contributed by atoms with van der Waals surface area (Å²) in [5.41, 5.74) is 7.19. The zero-order valence-corrected chi connectivity index (χ0v) is 20.0. The molecule has 4 rings (SSSR count). The quantitative estimate of drug-likeness (QED) is 0.673. The predicted octanol–water partition coefficient (Wildman–Crippen LogP) is 2.57. The summed E-state index contributed by atoms with van der Waals surface area (Å²) >= 11 is 0. The van der Waals surface area contributed by atoms with Crippen LogP contribution in [0.1, 0.15) is 69.4 Å². The minimum absolute atomic E-state index is 0.0987. The highest BCUT2D eigenvalue weighted by Gasteiger charge is 2.36. The molecule has 2 heterocycles. The molecule has 2 aliphatic heterocycles. The van der Waals surface area contributed by atoms with Gasteiger partial charge in [-0.2, -0.15) is 4.31 Å². The van der Waals surface area contributed by atoms with Gasteiger partial charge in [-0.3, -0.25) is 4.79 Å². The molecule has 2 unspecified atom stereocenters. The van der Waals surface area contributed by atoms with E-state index < -0.39 is 10.0 Å². The Morgan fingerprint density at radius 2 is 1.75 bits per heavy atom. The highest BCUT2D eigenvalue weighted by Crippen LogP contribution is 2.33. The van der Waals surface area contributed by atoms with Crippen LogP contribution >= 0.6 is 0 Å². The zero-order valence-electron chi connectivity index (χ0n) is 19.2. The molecule has 1 aromatic carbocycles. The van der Waals surface area contributed by atoms with Crippen LogP contribution < -0.4 is 15.6 Å². The van der Waals surface area contributed by atoms with Crippen LogP contribution in [0.25, 0.3) is 0 Å². The number of nitrogens with zero attached hydrogens (tertiary/aromatic N) is 2. The van der Waals surface area contributed by atoms with E-state index in [1.54, 1.807) is 16.4 Å². The van der Waals surface area contributed by atoms with Gasteiger partial charge in [0.1, 0.15) is 16.7 Å². The first-order valence-electron chi connectivity index (χ1n) is 11.9. The van der Waals surface area contributed by atoms with Crippen LogP contribution in [0.15, 0.2) is 23.1 Å². The van der Waals surface area contributed by atoms with Crippen molar-refractivity contribution >= 4 is 15.9 Å². The summed E-state index contributed by atoms with van der Waals surface area (Å²) in [4.78, 5) is 15.2. The number of sulfonamides is 1. The molecular formula is C23H36N4O4S. The lowest BCUT2D eigenvalue weighted by Crippen LogP contribution is -2.48. The van der Waals surface area contributed by atoms with E-state index >= 15 is 0 Å². The van der Waals surface area contributed by atoms with Crippen LogP contribution in [0.5, 0.6) is 5.75 Å². The number of piperidine rings is 1. The molecule has 2 atom stereocenters. The third-order valence-electron chi connectivity index (χ3n) is 7.19. The fraction of sp³-hybridized carbons (Fsp3) is 0.696. The van der Waals surface area contributed by atoms with E-state index in [9.17, 15) is 13.2 Å². The van der Waals surface area contributed by atoms with Gasteiger partial charge in [0.25, 0.3) is 0 Å². The highest BCUT2D eigenvalue weighted by atomic mass is 32.2. The highest BCUT2D eigenvalue weighted by molar-refractivity contribution is 7.89. The number of carbonyl (C=O) groups is 1. The van der Waals surface area contributed by atoms with E-state index in [0.717, 1.165) is 37.7 Å². The van der Waals surface area contributed by atoms with E-state index in [-0.39, 0.29) is 22.9 Å². The second-order valence-corrected chi connectivity index (χ2v) is 11.2. The molecule has 1 aromatic rings. The summed E-state index contributed by atoms with van der Waals surface area (Å²) < 4.78 is 33.6. The molecule has 1 amide bonds. The molecule has 2 N–H and O–H groups in total. The Labute approximate surface area is 191 Å². The van der Waals surface area contributed by atoms with Gasteiger partial charge in [-0.1, -0.05) is 31.7 Å². The Balaban J connectivity index is 1.49. The molecule has 32 heavy (non-hydrogen) atoms. The van der Waals surface area contributed by atoms with Crippen molar-refractivity contribution in [3.8, 4) is 5.75 Å². The van der Waals surface area contributed by atoms with Gasteiger partial charge in [0.15, 0.2) is 0 Å². The Bertz CT molecular complexity index is 911. The summed E-state index contributed by atoms with van der Waals surface area (Å²) in [6.07, 6.45) is 9.16. The number of likely N-dealkylation sites (N-methyl/N-ethyl adjacent to an activating group) is 1. The summed E-state index contributed by atoms with van der Waals surface area (Å²) in [5, 5.41) is 0. The molecule has 3 fully saturated rings. The summed E-state index contributed by atoms with van der Waals surface area (Å²) in [6, 6.07) is 5.16. The van der Waals surface area contributed by atoms with Crippen LogP contribution in [-0.2, 0) is 14.8 Å². The fourth-order valence-corrected chi connectivity index (χ4v) is 6.89. The maximum absolute atomic E-state index is 13.3. The van der Waals surface area contributed by atoms with Crippen LogP contribution in [-0.4, -0.2) is 62.9 Å². The molecule has 178 valence electrons. The number of nitrogens with one attached hydrogen (secondary N) is 2. The number of methoxy groups -OCH3 is 1. The first-order chi connectivity index (χ1) is 15.4. The average Bonchev–Trinajstić information content (AvgIpc) is 3.34. The van der Waals surface area contributed by atoms with Crippen LogP contribution in [0.4, 0.5) is 0 Å². The Morgan fingerprint density at radius 3 is 2.44 bits per heavy atom.